The van der Waals surface area contributed by atoms with Crippen molar-refractivity contribution in [3.8, 4) is 0 Å². The molecule has 0 aliphatic carbocycles. The van der Waals surface area contributed by atoms with E-state index in [-0.39, 0.29) is 24.3 Å². The van der Waals surface area contributed by atoms with Crippen molar-refractivity contribution in [2.24, 2.45) is 5.73 Å². The molecule has 0 amide bonds. The van der Waals surface area contributed by atoms with Gasteiger partial charge in [0.15, 0.2) is 0 Å². The summed E-state index contributed by atoms with van der Waals surface area (Å²) in [5, 5.41) is 0. The van der Waals surface area contributed by atoms with Crippen LogP contribution in [0.25, 0.3) is 0 Å². The Morgan fingerprint density at radius 3 is 2.78 bits per heavy atom. The fourth-order valence-electron chi connectivity index (χ4n) is 1.27. The molecule has 0 aromatic heterocycles. The summed E-state index contributed by atoms with van der Waals surface area (Å²) in [6, 6.07) is 3.17. The number of ether oxygens (including phenoxy) is 1. The molecular weight excluding hydrogens is 240 g/mol. The lowest BCUT2D eigenvalue weighted by Crippen LogP contribution is -2.09. The predicted octanol–water partition coefficient (Wildman–Crippen LogP) is 2.08. The summed E-state index contributed by atoms with van der Waals surface area (Å²) < 4.78 is 30.6. The molecule has 0 heterocycles. The van der Waals surface area contributed by atoms with Gasteiger partial charge in [0.25, 0.3) is 0 Å². The summed E-state index contributed by atoms with van der Waals surface area (Å²) in [7, 11) is 0. The zero-order chi connectivity index (χ0) is 13.5. The Morgan fingerprint density at radius 2 is 2.17 bits per heavy atom. The highest BCUT2D eigenvalue weighted by atomic mass is 19.1. The first kappa shape index (κ1) is 13.9. The van der Waals surface area contributed by atoms with Crippen molar-refractivity contribution in [2.75, 3.05) is 6.61 Å². The van der Waals surface area contributed by atoms with Gasteiger partial charge < -0.3 is 10.5 Å². The van der Waals surface area contributed by atoms with Crippen LogP contribution in [0.2, 0.25) is 0 Å². The Hall–Kier alpha value is -2.17. The summed E-state index contributed by atoms with van der Waals surface area (Å²) in [6.45, 7) is 3.46. The van der Waals surface area contributed by atoms with Gasteiger partial charge in [0.1, 0.15) is 18.2 Å². The summed E-state index contributed by atoms with van der Waals surface area (Å²) in [6.07, 6.45) is 2.49. The maximum Gasteiger partial charge on any atom is 0.332 e. The van der Waals surface area contributed by atoms with Crippen molar-refractivity contribution in [1.29, 1.82) is 0 Å². The summed E-state index contributed by atoms with van der Waals surface area (Å²) in [5.74, 6) is -2.00. The van der Waals surface area contributed by atoms with E-state index in [0.717, 1.165) is 18.2 Å². The standard InChI is InChI=1S/C13H13F2NO2/c1-2-5-18-13(17)8-11(16)6-9-3-4-10(14)7-12(9)15/h2-4,7-8H,1,5-6,16H2/b11-8+. The molecule has 0 saturated carbocycles. The molecule has 1 aromatic carbocycles. The summed E-state index contributed by atoms with van der Waals surface area (Å²) in [4.78, 5) is 11.2. The molecule has 0 unspecified atom stereocenters. The molecule has 3 nitrogen and oxygen atoms in total. The van der Waals surface area contributed by atoms with Gasteiger partial charge in [-0.3, -0.25) is 0 Å². The fourth-order valence-corrected chi connectivity index (χ4v) is 1.27. The molecule has 0 atom stereocenters. The third-order valence-electron chi connectivity index (χ3n) is 2.06. The maximum absolute atomic E-state index is 13.3. The van der Waals surface area contributed by atoms with Crippen LogP contribution in [0, 0.1) is 11.6 Å². The molecule has 0 spiro atoms. The Morgan fingerprint density at radius 1 is 1.44 bits per heavy atom. The Kier molecular flexibility index (Phi) is 5.05. The lowest BCUT2D eigenvalue weighted by Gasteiger charge is -2.04. The number of carbonyl (C=O) groups is 1. The van der Waals surface area contributed by atoms with Gasteiger partial charge in [0, 0.05) is 24.3 Å². The molecular formula is C13H13F2NO2. The molecule has 1 rings (SSSR count). The smallest absolute Gasteiger partial charge is 0.332 e. The van der Waals surface area contributed by atoms with Gasteiger partial charge in [-0.1, -0.05) is 18.7 Å². The molecule has 0 aliphatic heterocycles. The quantitative estimate of drug-likeness (QED) is 0.496. The molecule has 2 N–H and O–H groups in total. The topological polar surface area (TPSA) is 52.3 Å². The van der Waals surface area contributed by atoms with Crippen LogP contribution in [0.15, 0.2) is 42.6 Å². The van der Waals surface area contributed by atoms with Crippen molar-refractivity contribution in [3.05, 3.63) is 59.8 Å². The molecule has 0 bridgehead atoms. The SMILES string of the molecule is C=CCOC(=O)/C=C(/N)Cc1ccc(F)cc1F. The minimum Gasteiger partial charge on any atom is -0.458 e. The molecule has 0 aliphatic rings. The Balaban J connectivity index is 2.68. The second kappa shape index (κ2) is 6.54. The number of benzene rings is 1. The number of nitrogens with two attached hydrogens (primary N) is 1. The van der Waals surface area contributed by atoms with E-state index in [9.17, 15) is 13.6 Å². The third kappa shape index (κ3) is 4.37. The first-order chi connectivity index (χ1) is 8.52. The van der Waals surface area contributed by atoms with Gasteiger partial charge in [-0.05, 0) is 11.6 Å². The number of allylic oxidation sites excluding steroid dienone is 1. The second-order valence-electron chi connectivity index (χ2n) is 3.55. The average Bonchev–Trinajstić information content (AvgIpc) is 2.30. The van der Waals surface area contributed by atoms with Crippen molar-refractivity contribution in [3.63, 3.8) is 0 Å². The van der Waals surface area contributed by atoms with Crippen LogP contribution >= 0.6 is 0 Å². The normalized spacial score (nSPS) is 11.1. The van der Waals surface area contributed by atoms with E-state index in [1.54, 1.807) is 0 Å². The minimum atomic E-state index is -0.703. The first-order valence-electron chi connectivity index (χ1n) is 5.20. The van der Waals surface area contributed by atoms with E-state index in [4.69, 9.17) is 5.73 Å². The third-order valence-corrected chi connectivity index (χ3v) is 2.06. The molecule has 96 valence electrons. The highest BCUT2D eigenvalue weighted by molar-refractivity contribution is 5.82. The van der Waals surface area contributed by atoms with Gasteiger partial charge in [-0.15, -0.1) is 0 Å². The van der Waals surface area contributed by atoms with E-state index in [1.807, 2.05) is 0 Å². The van der Waals surface area contributed by atoms with Crippen LogP contribution in [-0.4, -0.2) is 12.6 Å². The minimum absolute atomic E-state index is 0.00923. The van der Waals surface area contributed by atoms with Gasteiger partial charge in [-0.25, -0.2) is 13.6 Å². The van der Waals surface area contributed by atoms with Crippen LogP contribution in [0.4, 0.5) is 8.78 Å². The highest BCUT2D eigenvalue weighted by Gasteiger charge is 2.06. The summed E-state index contributed by atoms with van der Waals surface area (Å²) >= 11 is 0. The molecule has 0 radical (unpaired) electrons. The van der Waals surface area contributed by atoms with E-state index < -0.39 is 17.6 Å². The maximum atomic E-state index is 13.3. The predicted molar refractivity (Wildman–Crippen MR) is 63.5 cm³/mol. The van der Waals surface area contributed by atoms with Crippen LogP contribution in [0.3, 0.4) is 0 Å². The molecule has 5 heteroatoms. The van der Waals surface area contributed by atoms with Crippen molar-refractivity contribution in [2.45, 2.75) is 6.42 Å². The molecule has 18 heavy (non-hydrogen) atoms. The molecule has 1 aromatic rings. The number of carbonyl (C=O) groups excluding carboxylic acids is 1. The zero-order valence-corrected chi connectivity index (χ0v) is 9.66. The number of esters is 1. The molecule has 0 fully saturated rings. The number of rotatable bonds is 5. The highest BCUT2D eigenvalue weighted by Crippen LogP contribution is 2.12. The van der Waals surface area contributed by atoms with Crippen LogP contribution < -0.4 is 5.73 Å². The van der Waals surface area contributed by atoms with Crippen LogP contribution in [0.5, 0.6) is 0 Å². The lowest BCUT2D eigenvalue weighted by atomic mass is 10.1. The largest absolute Gasteiger partial charge is 0.458 e. The van der Waals surface area contributed by atoms with E-state index in [2.05, 4.69) is 11.3 Å². The number of hydrogen-bond acceptors (Lipinski definition) is 3. The van der Waals surface area contributed by atoms with Crippen LogP contribution in [-0.2, 0) is 16.0 Å². The van der Waals surface area contributed by atoms with Gasteiger partial charge >= 0.3 is 5.97 Å². The van der Waals surface area contributed by atoms with Crippen molar-refractivity contribution >= 4 is 5.97 Å². The Labute approximate surface area is 104 Å². The van der Waals surface area contributed by atoms with Crippen LogP contribution in [0.1, 0.15) is 5.56 Å². The van der Waals surface area contributed by atoms with E-state index in [1.165, 1.54) is 12.1 Å². The monoisotopic (exact) mass is 253 g/mol. The van der Waals surface area contributed by atoms with Gasteiger partial charge in [0.05, 0.1) is 0 Å². The average molecular weight is 253 g/mol. The fraction of sp³-hybridized carbons (Fsp3) is 0.154. The number of hydrogen-bond donors (Lipinski definition) is 1. The van der Waals surface area contributed by atoms with Gasteiger partial charge in [0.2, 0.25) is 0 Å². The van der Waals surface area contributed by atoms with Crippen molar-refractivity contribution < 1.29 is 18.3 Å². The number of halogens is 2. The molecule has 0 saturated heterocycles. The second-order valence-corrected chi connectivity index (χ2v) is 3.55. The summed E-state index contributed by atoms with van der Waals surface area (Å²) in [5.41, 5.74) is 5.90. The lowest BCUT2D eigenvalue weighted by molar-refractivity contribution is -0.136. The zero-order valence-electron chi connectivity index (χ0n) is 9.66. The Bertz CT molecular complexity index is 484. The van der Waals surface area contributed by atoms with Crippen molar-refractivity contribution in [1.82, 2.24) is 0 Å². The van der Waals surface area contributed by atoms with E-state index >= 15 is 0 Å². The van der Waals surface area contributed by atoms with Gasteiger partial charge in [-0.2, -0.15) is 0 Å². The van der Waals surface area contributed by atoms with E-state index in [0.29, 0.717) is 0 Å². The first-order valence-corrected chi connectivity index (χ1v) is 5.20.